The number of allylic oxidation sites excluding steroid dienone is 2. The molecule has 0 radical (unpaired) electrons. The van der Waals surface area contributed by atoms with E-state index in [2.05, 4.69) is 50.9 Å². The molecule has 1 saturated heterocycles. The van der Waals surface area contributed by atoms with E-state index in [1.54, 1.807) is 19.2 Å². The van der Waals surface area contributed by atoms with E-state index in [4.69, 9.17) is 4.74 Å². The molecule has 0 amide bonds. The van der Waals surface area contributed by atoms with Crippen LogP contribution in [0.1, 0.15) is 115 Å². The first kappa shape index (κ1) is 38.5. The number of fused-ring (bicyclic) bond motifs is 7. The highest BCUT2D eigenvalue weighted by atomic mass is 32.2. The summed E-state index contributed by atoms with van der Waals surface area (Å²) in [5.74, 6) is 1.78. The molecular formula is C43H66N2O6S. The molecule has 6 aliphatic rings. The van der Waals surface area contributed by atoms with Gasteiger partial charge in [0, 0.05) is 38.8 Å². The van der Waals surface area contributed by atoms with Crippen LogP contribution in [0.3, 0.4) is 0 Å². The summed E-state index contributed by atoms with van der Waals surface area (Å²) in [6.45, 7) is 18.1. The van der Waals surface area contributed by atoms with Gasteiger partial charge >= 0.3 is 5.97 Å². The van der Waals surface area contributed by atoms with Crippen LogP contribution >= 0.6 is 0 Å². The average Bonchev–Trinajstić information content (AvgIpc) is 3.46. The van der Waals surface area contributed by atoms with Crippen LogP contribution < -0.4 is 5.32 Å². The molecule has 7 rings (SSSR count). The lowest BCUT2D eigenvalue weighted by atomic mass is 9.32. The lowest BCUT2D eigenvalue weighted by Gasteiger charge is -2.72. The monoisotopic (exact) mass is 738 g/mol. The zero-order valence-corrected chi connectivity index (χ0v) is 33.8. The molecule has 1 aliphatic heterocycles. The molecule has 0 bridgehead atoms. The van der Waals surface area contributed by atoms with Gasteiger partial charge in [0.25, 0.3) is 0 Å². The van der Waals surface area contributed by atoms with Gasteiger partial charge in [0.1, 0.15) is 0 Å². The van der Waals surface area contributed by atoms with Crippen LogP contribution in [0.4, 0.5) is 0 Å². The third-order valence-electron chi connectivity index (χ3n) is 17.0. The van der Waals surface area contributed by atoms with E-state index in [1.807, 2.05) is 19.1 Å². The highest BCUT2D eigenvalue weighted by Gasteiger charge is 2.71. The molecule has 1 aromatic carbocycles. The number of ether oxygens (including phenoxy) is 1. The van der Waals surface area contributed by atoms with E-state index < -0.39 is 21.4 Å². The second kappa shape index (κ2) is 13.2. The topological polar surface area (TPSA) is 116 Å². The second-order valence-corrected chi connectivity index (χ2v) is 21.9. The zero-order chi connectivity index (χ0) is 37.5. The van der Waals surface area contributed by atoms with Gasteiger partial charge in [0.15, 0.2) is 9.84 Å². The number of rotatable bonds is 9. The van der Waals surface area contributed by atoms with Crippen molar-refractivity contribution >= 4 is 21.4 Å². The molecule has 52 heavy (non-hydrogen) atoms. The molecule has 0 aromatic heterocycles. The molecule has 10 atom stereocenters. The summed E-state index contributed by atoms with van der Waals surface area (Å²) >= 11 is 0. The molecule has 5 fully saturated rings. The maximum atomic E-state index is 12.1. The van der Waals surface area contributed by atoms with Gasteiger partial charge in [0.05, 0.1) is 29.3 Å². The first-order valence-electron chi connectivity index (χ1n) is 20.3. The van der Waals surface area contributed by atoms with E-state index in [0.717, 1.165) is 44.3 Å². The third kappa shape index (κ3) is 5.97. The van der Waals surface area contributed by atoms with Crippen LogP contribution in [0.25, 0.3) is 5.57 Å². The minimum absolute atomic E-state index is 0.0284. The van der Waals surface area contributed by atoms with Crippen LogP contribution in [0, 0.1) is 51.2 Å². The molecule has 3 N–H and O–H groups in total. The van der Waals surface area contributed by atoms with E-state index in [0.29, 0.717) is 48.9 Å². The molecule has 8 nitrogen and oxygen atoms in total. The molecule has 0 spiro atoms. The van der Waals surface area contributed by atoms with Crippen molar-refractivity contribution in [3.8, 4) is 0 Å². The standard InChI is InChI=1S/C43H66N2O6S/c1-38(2)31(29-8-10-30(11-9-29)37(46)47)14-17-39(3)34(38)16-18-41(5)35(39)13-12-32-36-33(42(6,48)28-51-7)15-19-43(36,21-20-40(32,41)4)44-22-23-45-24-26-52(49,50)27-25-45/h8-11,14,32-36,44,48H,12-13,15-28H2,1-7H3,(H,46,47)/t32-,33-,34+,35-,36+,39+,40-,41-,42?,43+/m1/s1. The van der Waals surface area contributed by atoms with E-state index >= 15 is 0 Å². The third-order valence-corrected chi connectivity index (χ3v) is 18.6. The number of carboxylic acid groups (broad SMARTS) is 1. The largest absolute Gasteiger partial charge is 0.478 e. The zero-order valence-electron chi connectivity index (χ0n) is 33.0. The summed E-state index contributed by atoms with van der Waals surface area (Å²) in [6.07, 6.45) is 12.7. The highest BCUT2D eigenvalue weighted by molar-refractivity contribution is 7.91. The summed E-state index contributed by atoms with van der Waals surface area (Å²) in [4.78, 5) is 13.9. The Morgan fingerprint density at radius 2 is 1.63 bits per heavy atom. The van der Waals surface area contributed by atoms with Crippen LogP contribution in [0.5, 0.6) is 0 Å². The average molecular weight is 739 g/mol. The quantitative estimate of drug-likeness (QED) is 0.250. The smallest absolute Gasteiger partial charge is 0.335 e. The van der Waals surface area contributed by atoms with Crippen molar-refractivity contribution in [3.63, 3.8) is 0 Å². The number of nitrogens with zero attached hydrogens (tertiary/aromatic N) is 1. The van der Waals surface area contributed by atoms with Crippen molar-refractivity contribution < 1.29 is 28.2 Å². The number of hydrogen-bond donors (Lipinski definition) is 3. The first-order chi connectivity index (χ1) is 24.3. The Balaban J connectivity index is 1.17. The van der Waals surface area contributed by atoms with Crippen molar-refractivity contribution in [2.45, 2.75) is 110 Å². The van der Waals surface area contributed by atoms with E-state index in [9.17, 15) is 23.4 Å². The number of nitrogens with one attached hydrogen (secondary N) is 1. The number of sulfone groups is 1. The Morgan fingerprint density at radius 3 is 2.29 bits per heavy atom. The molecule has 1 unspecified atom stereocenters. The van der Waals surface area contributed by atoms with E-state index in [1.165, 1.54) is 37.7 Å². The van der Waals surface area contributed by atoms with Gasteiger partial charge in [0.2, 0.25) is 0 Å². The number of hydrogen-bond acceptors (Lipinski definition) is 7. The Labute approximate surface area is 313 Å². The number of methoxy groups -OCH3 is 1. The Bertz CT molecular complexity index is 1660. The van der Waals surface area contributed by atoms with Crippen LogP contribution in [-0.2, 0) is 14.6 Å². The number of carboxylic acids is 1. The maximum Gasteiger partial charge on any atom is 0.335 e. The molecular weight excluding hydrogens is 673 g/mol. The van der Waals surface area contributed by atoms with Crippen LogP contribution in [0.2, 0.25) is 0 Å². The lowest BCUT2D eigenvalue weighted by Crippen LogP contribution is -2.69. The minimum Gasteiger partial charge on any atom is -0.478 e. The van der Waals surface area contributed by atoms with Crippen molar-refractivity contribution in [1.29, 1.82) is 0 Å². The van der Waals surface area contributed by atoms with E-state index in [-0.39, 0.29) is 44.6 Å². The molecule has 290 valence electrons. The van der Waals surface area contributed by atoms with Crippen LogP contribution in [0.15, 0.2) is 30.3 Å². The Hall–Kier alpha value is -1.78. The van der Waals surface area contributed by atoms with Gasteiger partial charge < -0.3 is 25.2 Å². The fourth-order valence-corrected chi connectivity index (χ4v) is 15.6. The Kier molecular flexibility index (Phi) is 9.75. The molecule has 1 aromatic rings. The van der Waals surface area contributed by atoms with Crippen molar-refractivity contribution in [3.05, 3.63) is 41.5 Å². The fraction of sp³-hybridized carbons (Fsp3) is 0.791. The van der Waals surface area contributed by atoms with Gasteiger partial charge in [-0.05, 0) is 139 Å². The number of carbonyl (C=O) groups is 1. The summed E-state index contributed by atoms with van der Waals surface area (Å²) in [7, 11) is -1.19. The molecule has 5 aliphatic carbocycles. The summed E-state index contributed by atoms with van der Waals surface area (Å²) in [6, 6.07) is 7.52. The fourth-order valence-electron chi connectivity index (χ4n) is 14.3. The molecule has 4 saturated carbocycles. The van der Waals surface area contributed by atoms with Gasteiger partial charge in [-0.1, -0.05) is 52.8 Å². The van der Waals surface area contributed by atoms with Crippen molar-refractivity contribution in [2.24, 2.45) is 51.2 Å². The summed E-state index contributed by atoms with van der Waals surface area (Å²) in [5, 5.41) is 25.7. The second-order valence-electron chi connectivity index (χ2n) is 19.6. The number of benzene rings is 1. The predicted molar refractivity (Wildman–Crippen MR) is 207 cm³/mol. The lowest BCUT2D eigenvalue weighted by molar-refractivity contribution is -0.227. The SMILES string of the molecule is COCC(C)(O)[C@@H]1CC[C@]2(NCCN3CCS(=O)(=O)CC3)CC[C@]3(C)[C@H](CC[C@@H]4[C@@]5(C)CC=C(c6ccc(C(=O)O)cc6)C(C)(C)[C@@H]5CC[C@]43C)[C@@H]12. The molecule has 9 heteroatoms. The first-order valence-corrected chi connectivity index (χ1v) is 22.1. The predicted octanol–water partition coefficient (Wildman–Crippen LogP) is 6.93. The van der Waals surface area contributed by atoms with Crippen molar-refractivity contribution in [2.75, 3.05) is 51.4 Å². The van der Waals surface area contributed by atoms with Gasteiger partial charge in [-0.3, -0.25) is 0 Å². The normalized spacial score (nSPS) is 42.2. The molecule has 1 heterocycles. The van der Waals surface area contributed by atoms with Crippen LogP contribution in [-0.4, -0.2) is 92.0 Å². The van der Waals surface area contributed by atoms with Gasteiger partial charge in [-0.2, -0.15) is 0 Å². The number of aromatic carboxylic acids is 1. The van der Waals surface area contributed by atoms with Crippen molar-refractivity contribution in [1.82, 2.24) is 10.2 Å². The minimum atomic E-state index is -2.90. The van der Waals surface area contributed by atoms with Gasteiger partial charge in [-0.15, -0.1) is 0 Å². The van der Waals surface area contributed by atoms with Gasteiger partial charge in [-0.25, -0.2) is 13.2 Å². The maximum absolute atomic E-state index is 12.1. The summed E-state index contributed by atoms with van der Waals surface area (Å²) in [5.41, 5.74) is 2.38. The summed E-state index contributed by atoms with van der Waals surface area (Å²) < 4.78 is 29.8. The highest BCUT2D eigenvalue weighted by Crippen LogP contribution is 2.76. The Morgan fingerprint density at radius 1 is 0.942 bits per heavy atom. The number of aliphatic hydroxyl groups is 1.